The molecule has 1 saturated carbocycles. The zero-order chi connectivity index (χ0) is 20.2. The summed E-state index contributed by atoms with van der Waals surface area (Å²) in [6.45, 7) is 7.94. The molecule has 152 valence electrons. The Balaban J connectivity index is 1.48. The standard InChI is InChI=1S/C24H30N4O/c1-23(2,29)19-8-12-27(16-19)22-14-20(7-11-25-22)28-21-13-18(24(3)9-4-10-24)6-5-17(21)15-26-28/h5-7,11,13-15,19,29H,4,8-10,12,16H2,1-3H3/t19-/m1/s1. The zero-order valence-electron chi connectivity index (χ0n) is 17.6. The number of anilines is 1. The maximum Gasteiger partial charge on any atom is 0.130 e. The maximum atomic E-state index is 10.4. The third-order valence-corrected chi connectivity index (χ3v) is 7.21. The first kappa shape index (κ1) is 18.6. The van der Waals surface area contributed by atoms with Crippen LogP contribution in [0.2, 0.25) is 0 Å². The second-order valence-electron chi connectivity index (χ2n) is 9.70. The summed E-state index contributed by atoms with van der Waals surface area (Å²) in [7, 11) is 0. The molecule has 3 aromatic rings. The van der Waals surface area contributed by atoms with E-state index < -0.39 is 5.60 Å². The van der Waals surface area contributed by atoms with Gasteiger partial charge in [-0.15, -0.1) is 0 Å². The summed E-state index contributed by atoms with van der Waals surface area (Å²) in [5.41, 5.74) is 3.27. The summed E-state index contributed by atoms with van der Waals surface area (Å²) >= 11 is 0. The Labute approximate surface area is 172 Å². The summed E-state index contributed by atoms with van der Waals surface area (Å²) in [4.78, 5) is 6.89. The molecule has 2 fully saturated rings. The van der Waals surface area contributed by atoms with Crippen molar-refractivity contribution in [1.82, 2.24) is 14.8 Å². The second kappa shape index (κ2) is 6.56. The number of hydrogen-bond acceptors (Lipinski definition) is 4. The first-order valence-corrected chi connectivity index (χ1v) is 10.8. The van der Waals surface area contributed by atoms with Gasteiger partial charge in [0.25, 0.3) is 0 Å². The molecular formula is C24H30N4O. The molecule has 0 bridgehead atoms. The number of rotatable bonds is 4. The quantitative estimate of drug-likeness (QED) is 0.715. The van der Waals surface area contributed by atoms with Gasteiger partial charge in [-0.1, -0.05) is 25.5 Å². The summed E-state index contributed by atoms with van der Waals surface area (Å²) in [5, 5.41) is 16.2. The first-order valence-electron chi connectivity index (χ1n) is 10.8. The molecule has 1 saturated heterocycles. The highest BCUT2D eigenvalue weighted by atomic mass is 16.3. The molecule has 1 N–H and O–H groups in total. The van der Waals surface area contributed by atoms with E-state index in [9.17, 15) is 5.11 Å². The van der Waals surface area contributed by atoms with Crippen molar-refractivity contribution in [3.05, 3.63) is 48.3 Å². The molecule has 0 amide bonds. The van der Waals surface area contributed by atoms with Crippen molar-refractivity contribution < 1.29 is 5.11 Å². The largest absolute Gasteiger partial charge is 0.390 e. The molecule has 1 aromatic carbocycles. The first-order chi connectivity index (χ1) is 13.8. The van der Waals surface area contributed by atoms with Crippen molar-refractivity contribution in [1.29, 1.82) is 0 Å². The van der Waals surface area contributed by atoms with Crippen LogP contribution < -0.4 is 4.90 Å². The van der Waals surface area contributed by atoms with Crippen LogP contribution >= 0.6 is 0 Å². The van der Waals surface area contributed by atoms with Crippen LogP contribution in [0.1, 0.15) is 52.0 Å². The van der Waals surface area contributed by atoms with Crippen LogP contribution in [-0.4, -0.2) is 38.6 Å². The van der Waals surface area contributed by atoms with Gasteiger partial charge in [-0.3, -0.25) is 0 Å². The summed E-state index contributed by atoms with van der Waals surface area (Å²) in [6.07, 6.45) is 8.66. The number of aromatic nitrogens is 3. The van der Waals surface area contributed by atoms with Crippen molar-refractivity contribution in [2.45, 2.75) is 57.5 Å². The van der Waals surface area contributed by atoms with Crippen LogP contribution in [0.3, 0.4) is 0 Å². The molecule has 3 heterocycles. The van der Waals surface area contributed by atoms with Crippen molar-refractivity contribution in [2.75, 3.05) is 18.0 Å². The molecule has 2 aliphatic rings. The zero-order valence-corrected chi connectivity index (χ0v) is 17.6. The van der Waals surface area contributed by atoms with E-state index >= 15 is 0 Å². The monoisotopic (exact) mass is 390 g/mol. The number of pyridine rings is 1. The number of fused-ring (bicyclic) bond motifs is 1. The summed E-state index contributed by atoms with van der Waals surface area (Å²) in [5.74, 6) is 1.23. The predicted octanol–water partition coefficient (Wildman–Crippen LogP) is 4.46. The van der Waals surface area contributed by atoms with Gasteiger partial charge in [-0.2, -0.15) is 5.10 Å². The lowest BCUT2D eigenvalue weighted by Crippen LogP contribution is -2.33. The normalized spacial score (nSPS) is 21.5. The van der Waals surface area contributed by atoms with E-state index in [4.69, 9.17) is 0 Å². The Morgan fingerprint density at radius 1 is 1.17 bits per heavy atom. The Morgan fingerprint density at radius 3 is 2.69 bits per heavy atom. The van der Waals surface area contributed by atoms with Crippen LogP contribution in [-0.2, 0) is 5.41 Å². The number of nitrogens with zero attached hydrogens (tertiary/aromatic N) is 4. The maximum absolute atomic E-state index is 10.4. The van der Waals surface area contributed by atoms with Crippen LogP contribution in [0.5, 0.6) is 0 Å². The molecule has 5 nitrogen and oxygen atoms in total. The fraction of sp³-hybridized carbons (Fsp3) is 0.500. The minimum absolute atomic E-state index is 0.268. The van der Waals surface area contributed by atoms with E-state index in [1.165, 1.54) is 30.2 Å². The Bertz CT molecular complexity index is 1040. The van der Waals surface area contributed by atoms with Gasteiger partial charge < -0.3 is 10.0 Å². The molecule has 1 atom stereocenters. The van der Waals surface area contributed by atoms with Crippen LogP contribution in [0.25, 0.3) is 16.6 Å². The fourth-order valence-corrected chi connectivity index (χ4v) is 4.85. The van der Waals surface area contributed by atoms with Gasteiger partial charge in [0.05, 0.1) is 23.0 Å². The molecule has 0 radical (unpaired) electrons. The SMILES string of the molecule is CC1(c2ccc3cnn(-c4ccnc(N5CC[C@@H](C(C)(C)O)C5)c4)c3c2)CCC1. The molecule has 1 aliphatic heterocycles. The molecule has 29 heavy (non-hydrogen) atoms. The smallest absolute Gasteiger partial charge is 0.130 e. The lowest BCUT2D eigenvalue weighted by molar-refractivity contribution is 0.0263. The predicted molar refractivity (Wildman–Crippen MR) is 117 cm³/mol. The molecular weight excluding hydrogens is 360 g/mol. The fourth-order valence-electron chi connectivity index (χ4n) is 4.85. The average molecular weight is 391 g/mol. The highest BCUT2D eigenvalue weighted by Crippen LogP contribution is 2.44. The molecule has 0 spiro atoms. The third-order valence-electron chi connectivity index (χ3n) is 7.21. The number of hydrogen-bond donors (Lipinski definition) is 1. The van der Waals surface area contributed by atoms with E-state index in [0.717, 1.165) is 36.5 Å². The van der Waals surface area contributed by atoms with Crippen LogP contribution in [0, 0.1) is 5.92 Å². The van der Waals surface area contributed by atoms with E-state index in [-0.39, 0.29) is 5.92 Å². The van der Waals surface area contributed by atoms with E-state index in [2.05, 4.69) is 46.2 Å². The lowest BCUT2D eigenvalue weighted by atomic mass is 9.66. The van der Waals surface area contributed by atoms with Gasteiger partial charge in [0, 0.05) is 36.7 Å². The van der Waals surface area contributed by atoms with E-state index in [1.54, 1.807) is 0 Å². The molecule has 5 heteroatoms. The van der Waals surface area contributed by atoms with Crippen LogP contribution in [0.15, 0.2) is 42.7 Å². The molecule has 0 unspecified atom stereocenters. The van der Waals surface area contributed by atoms with Crippen molar-refractivity contribution in [2.24, 2.45) is 5.92 Å². The minimum atomic E-state index is -0.654. The Morgan fingerprint density at radius 2 is 2.00 bits per heavy atom. The average Bonchev–Trinajstić information content (AvgIpc) is 3.33. The van der Waals surface area contributed by atoms with Crippen molar-refractivity contribution in [3.63, 3.8) is 0 Å². The highest BCUT2D eigenvalue weighted by molar-refractivity contribution is 5.81. The number of aliphatic hydroxyl groups is 1. The Kier molecular flexibility index (Phi) is 4.21. The Hall–Kier alpha value is -2.40. The van der Waals surface area contributed by atoms with Gasteiger partial charge in [-0.25, -0.2) is 9.67 Å². The van der Waals surface area contributed by atoms with Gasteiger partial charge in [0.1, 0.15) is 5.82 Å². The second-order valence-corrected chi connectivity index (χ2v) is 9.70. The van der Waals surface area contributed by atoms with Gasteiger partial charge in [0.2, 0.25) is 0 Å². The summed E-state index contributed by atoms with van der Waals surface area (Å²) in [6, 6.07) is 10.9. The van der Waals surface area contributed by atoms with Gasteiger partial charge in [0.15, 0.2) is 0 Å². The summed E-state index contributed by atoms with van der Waals surface area (Å²) < 4.78 is 2.04. The topological polar surface area (TPSA) is 54.2 Å². The minimum Gasteiger partial charge on any atom is -0.390 e. The van der Waals surface area contributed by atoms with Crippen molar-refractivity contribution in [3.8, 4) is 5.69 Å². The van der Waals surface area contributed by atoms with Gasteiger partial charge in [-0.05, 0) is 56.2 Å². The van der Waals surface area contributed by atoms with Crippen molar-refractivity contribution >= 4 is 16.7 Å². The highest BCUT2D eigenvalue weighted by Gasteiger charge is 2.35. The van der Waals surface area contributed by atoms with Crippen LogP contribution in [0.4, 0.5) is 5.82 Å². The van der Waals surface area contributed by atoms with E-state index in [0.29, 0.717) is 5.41 Å². The molecule has 5 rings (SSSR count). The van der Waals surface area contributed by atoms with Gasteiger partial charge >= 0.3 is 0 Å². The van der Waals surface area contributed by atoms with E-state index in [1.807, 2.05) is 37.0 Å². The molecule has 1 aliphatic carbocycles. The lowest BCUT2D eigenvalue weighted by Gasteiger charge is -2.39. The molecule has 2 aromatic heterocycles. The third kappa shape index (κ3) is 3.21. The number of benzene rings is 1.